The first-order valence-electron chi connectivity index (χ1n) is 10.1. The molecule has 0 bridgehead atoms. The number of nitrogens with one attached hydrogen (secondary N) is 1. The van der Waals surface area contributed by atoms with Gasteiger partial charge in [-0.05, 0) is 37.5 Å². The monoisotopic (exact) mass is 398 g/mol. The summed E-state index contributed by atoms with van der Waals surface area (Å²) in [5, 5.41) is 3.42. The van der Waals surface area contributed by atoms with Crippen molar-refractivity contribution in [2.45, 2.75) is 32.4 Å². The molecule has 1 aromatic carbocycles. The molecular weight excluding hydrogens is 368 g/mol. The fourth-order valence-corrected chi connectivity index (χ4v) is 3.34. The molecule has 1 N–H and O–H groups in total. The zero-order chi connectivity index (χ0) is 20.5. The van der Waals surface area contributed by atoms with Crippen LogP contribution < -0.4 is 14.8 Å². The second kappa shape index (κ2) is 10.7. The summed E-state index contributed by atoms with van der Waals surface area (Å²) >= 11 is 0. The van der Waals surface area contributed by atoms with Crippen LogP contribution in [0.15, 0.2) is 47.6 Å². The highest BCUT2D eigenvalue weighted by atomic mass is 16.5. The molecule has 3 rings (SSSR count). The average molecular weight is 399 g/mol. The Kier molecular flexibility index (Phi) is 7.69. The van der Waals surface area contributed by atoms with Gasteiger partial charge in [-0.2, -0.15) is 0 Å². The van der Waals surface area contributed by atoms with Crippen LogP contribution in [0.2, 0.25) is 0 Å². The highest BCUT2D eigenvalue weighted by Crippen LogP contribution is 2.23. The molecule has 1 fully saturated rings. The fourth-order valence-electron chi connectivity index (χ4n) is 3.34. The summed E-state index contributed by atoms with van der Waals surface area (Å²) in [5.41, 5.74) is 1.06. The van der Waals surface area contributed by atoms with Gasteiger partial charge in [-0.3, -0.25) is 4.99 Å². The number of methoxy groups -OCH3 is 1. The Bertz CT molecular complexity index is 787. The molecule has 156 valence electrons. The first-order valence-corrected chi connectivity index (χ1v) is 10.1. The average Bonchev–Trinajstić information content (AvgIpc) is 2.77. The van der Waals surface area contributed by atoms with Gasteiger partial charge in [0.05, 0.1) is 13.2 Å². The van der Waals surface area contributed by atoms with Crippen molar-refractivity contribution in [1.29, 1.82) is 0 Å². The van der Waals surface area contributed by atoms with E-state index in [9.17, 15) is 0 Å². The Hall–Kier alpha value is -2.80. The number of nitrogens with zero attached hydrogens (tertiary/aromatic N) is 3. The van der Waals surface area contributed by atoms with Gasteiger partial charge in [-0.1, -0.05) is 12.1 Å². The van der Waals surface area contributed by atoms with Crippen LogP contribution in [0.1, 0.15) is 25.3 Å². The first kappa shape index (κ1) is 20.9. The van der Waals surface area contributed by atoms with Crippen molar-refractivity contribution in [3.63, 3.8) is 0 Å². The molecule has 7 heteroatoms. The maximum absolute atomic E-state index is 5.79. The number of likely N-dealkylation sites (tertiary alicyclic amines) is 1. The second-order valence-electron chi connectivity index (χ2n) is 6.83. The number of benzene rings is 1. The van der Waals surface area contributed by atoms with Crippen molar-refractivity contribution >= 4 is 5.96 Å². The number of rotatable bonds is 7. The molecule has 2 aromatic rings. The number of guanidine groups is 1. The van der Waals surface area contributed by atoms with Crippen LogP contribution >= 0.6 is 0 Å². The van der Waals surface area contributed by atoms with Crippen LogP contribution in [0.3, 0.4) is 0 Å². The molecule has 7 nitrogen and oxygen atoms in total. The number of ether oxygens (including phenoxy) is 3. The number of aliphatic imine (C=N–C) groups is 1. The van der Waals surface area contributed by atoms with Crippen molar-refractivity contribution in [2.75, 3.05) is 33.9 Å². The fraction of sp³-hybridized carbons (Fsp3) is 0.455. The zero-order valence-corrected chi connectivity index (χ0v) is 17.4. The Balaban J connectivity index is 1.50. The third-order valence-corrected chi connectivity index (χ3v) is 4.87. The van der Waals surface area contributed by atoms with Crippen LogP contribution in [0, 0.1) is 0 Å². The highest BCUT2D eigenvalue weighted by molar-refractivity contribution is 5.79. The number of hydrogen-bond donors (Lipinski definition) is 1. The molecule has 1 saturated heterocycles. The molecule has 0 atom stereocenters. The third kappa shape index (κ3) is 6.09. The first-order chi connectivity index (χ1) is 14.2. The van der Waals surface area contributed by atoms with Gasteiger partial charge in [-0.15, -0.1) is 0 Å². The summed E-state index contributed by atoms with van der Waals surface area (Å²) in [4.78, 5) is 11.1. The Morgan fingerprint density at radius 1 is 1.21 bits per heavy atom. The summed E-state index contributed by atoms with van der Waals surface area (Å²) in [6.07, 6.45) is 4.26. The molecular formula is C22H30N4O3. The van der Waals surface area contributed by atoms with E-state index in [1.807, 2.05) is 56.6 Å². The molecule has 1 aliphatic heterocycles. The Morgan fingerprint density at radius 3 is 2.66 bits per heavy atom. The maximum Gasteiger partial charge on any atom is 0.219 e. The van der Waals surface area contributed by atoms with Gasteiger partial charge in [0.1, 0.15) is 11.5 Å². The van der Waals surface area contributed by atoms with Crippen LogP contribution in [-0.4, -0.2) is 55.8 Å². The van der Waals surface area contributed by atoms with Gasteiger partial charge in [0, 0.05) is 51.6 Å². The van der Waals surface area contributed by atoms with Gasteiger partial charge in [-0.25, -0.2) is 4.98 Å². The largest absolute Gasteiger partial charge is 0.497 e. The lowest BCUT2D eigenvalue weighted by Gasteiger charge is -2.34. The zero-order valence-electron chi connectivity index (χ0n) is 17.4. The topological polar surface area (TPSA) is 68.2 Å². The van der Waals surface area contributed by atoms with Crippen LogP contribution in [0.4, 0.5) is 0 Å². The minimum Gasteiger partial charge on any atom is -0.497 e. The summed E-state index contributed by atoms with van der Waals surface area (Å²) in [6, 6.07) is 11.3. The molecule has 0 amide bonds. The summed E-state index contributed by atoms with van der Waals surface area (Å²) in [7, 11) is 3.45. The van der Waals surface area contributed by atoms with E-state index in [2.05, 4.69) is 20.2 Å². The van der Waals surface area contributed by atoms with Crippen LogP contribution in [-0.2, 0) is 11.3 Å². The third-order valence-electron chi connectivity index (χ3n) is 4.87. The maximum atomic E-state index is 5.79. The quantitative estimate of drug-likeness (QED) is 0.569. The molecule has 0 unspecified atom stereocenters. The molecule has 1 aromatic heterocycles. The summed E-state index contributed by atoms with van der Waals surface area (Å²) in [5.74, 6) is 2.90. The van der Waals surface area contributed by atoms with Gasteiger partial charge in [0.2, 0.25) is 5.88 Å². The van der Waals surface area contributed by atoms with Crippen molar-refractivity contribution in [2.24, 2.45) is 4.99 Å². The van der Waals surface area contributed by atoms with Gasteiger partial charge >= 0.3 is 0 Å². The van der Waals surface area contributed by atoms with E-state index >= 15 is 0 Å². The van der Waals surface area contributed by atoms with Gasteiger partial charge in [0.25, 0.3) is 0 Å². The van der Waals surface area contributed by atoms with E-state index in [-0.39, 0.29) is 0 Å². The molecule has 29 heavy (non-hydrogen) atoms. The summed E-state index contributed by atoms with van der Waals surface area (Å²) < 4.78 is 16.7. The van der Waals surface area contributed by atoms with Gasteiger partial charge in [0.15, 0.2) is 5.96 Å². The van der Waals surface area contributed by atoms with Crippen molar-refractivity contribution < 1.29 is 14.2 Å². The van der Waals surface area contributed by atoms with Crippen molar-refractivity contribution in [3.05, 3.63) is 48.2 Å². The van der Waals surface area contributed by atoms with E-state index in [0.29, 0.717) is 24.3 Å². The lowest BCUT2D eigenvalue weighted by atomic mass is 10.1. The van der Waals surface area contributed by atoms with E-state index in [0.717, 1.165) is 49.8 Å². The number of aromatic nitrogens is 1. The molecule has 0 radical (unpaired) electrons. The predicted octanol–water partition coefficient (Wildman–Crippen LogP) is 3.46. The smallest absolute Gasteiger partial charge is 0.219 e. The highest BCUT2D eigenvalue weighted by Gasteiger charge is 2.21. The normalized spacial score (nSPS) is 15.3. The number of hydrogen-bond acceptors (Lipinski definition) is 5. The minimum absolute atomic E-state index is 0.371. The molecule has 0 saturated carbocycles. The Labute approximate surface area is 172 Å². The molecule has 0 aliphatic carbocycles. The standard InChI is InChI=1S/C22H30N4O3/c1-4-28-18-10-12-26(13-11-18)22(23-2)25-16-17-8-9-21(24-15-17)29-20-7-5-6-19(14-20)27-3/h5-9,14-15,18H,4,10-13,16H2,1-3H3,(H,23,25). The van der Waals surface area contributed by atoms with Crippen molar-refractivity contribution in [1.82, 2.24) is 15.2 Å². The molecule has 0 spiro atoms. The summed E-state index contributed by atoms with van der Waals surface area (Å²) in [6.45, 7) is 5.40. The number of pyridine rings is 1. The minimum atomic E-state index is 0.371. The lowest BCUT2D eigenvalue weighted by molar-refractivity contribution is 0.0263. The van der Waals surface area contributed by atoms with Crippen LogP contribution in [0.5, 0.6) is 17.4 Å². The van der Waals surface area contributed by atoms with Crippen molar-refractivity contribution in [3.8, 4) is 17.4 Å². The van der Waals surface area contributed by atoms with E-state index in [1.165, 1.54) is 0 Å². The predicted molar refractivity (Wildman–Crippen MR) is 114 cm³/mol. The van der Waals surface area contributed by atoms with E-state index in [1.54, 1.807) is 7.11 Å². The molecule has 1 aliphatic rings. The molecule has 2 heterocycles. The van der Waals surface area contributed by atoms with E-state index in [4.69, 9.17) is 14.2 Å². The SMILES string of the molecule is CCOC1CCN(C(=NC)NCc2ccc(Oc3cccc(OC)c3)nc2)CC1. The van der Waals surface area contributed by atoms with Gasteiger partial charge < -0.3 is 24.4 Å². The Morgan fingerprint density at radius 2 is 2.00 bits per heavy atom. The lowest BCUT2D eigenvalue weighted by Crippen LogP contribution is -2.46. The number of piperidine rings is 1. The van der Waals surface area contributed by atoms with Crippen LogP contribution in [0.25, 0.3) is 0 Å². The van der Waals surface area contributed by atoms with E-state index < -0.39 is 0 Å². The second-order valence-corrected chi connectivity index (χ2v) is 6.83.